The lowest BCUT2D eigenvalue weighted by Gasteiger charge is -2.48. The summed E-state index contributed by atoms with van der Waals surface area (Å²) >= 11 is 0. The molecule has 2 saturated heterocycles. The third kappa shape index (κ3) is 6.87. The Hall–Kier alpha value is -3.06. The molecule has 1 aromatic heterocycles. The highest BCUT2D eigenvalue weighted by atomic mass is 19.2. The van der Waals surface area contributed by atoms with Crippen LogP contribution in [0, 0.1) is 18.6 Å². The number of nitrogens with zero attached hydrogens (tertiary/aromatic N) is 4. The predicted molar refractivity (Wildman–Crippen MR) is 147 cm³/mol. The van der Waals surface area contributed by atoms with Gasteiger partial charge in [0.05, 0.1) is 5.56 Å². The van der Waals surface area contributed by atoms with Gasteiger partial charge in [0.2, 0.25) is 0 Å². The fourth-order valence-corrected chi connectivity index (χ4v) is 5.72. The number of nitrogens with one attached hydrogen (secondary N) is 1. The van der Waals surface area contributed by atoms with Crippen LogP contribution in [0.25, 0.3) is 0 Å². The Morgan fingerprint density at radius 2 is 1.97 bits per heavy atom. The molecule has 2 aliphatic heterocycles. The van der Waals surface area contributed by atoms with Gasteiger partial charge in [-0.2, -0.15) is 0 Å². The summed E-state index contributed by atoms with van der Waals surface area (Å²) in [6, 6.07) is 6.58. The predicted octanol–water partition coefficient (Wildman–Crippen LogP) is 4.69. The minimum absolute atomic E-state index is 0.112. The van der Waals surface area contributed by atoms with E-state index in [0.29, 0.717) is 23.2 Å². The molecule has 0 spiro atoms. The van der Waals surface area contributed by atoms with Crippen molar-refractivity contribution in [3.05, 3.63) is 77.2 Å². The van der Waals surface area contributed by atoms with Crippen molar-refractivity contribution >= 4 is 11.7 Å². The Balaban J connectivity index is 1.36. The number of amides is 1. The molecule has 2 fully saturated rings. The molecule has 0 radical (unpaired) electrons. The first kappa shape index (κ1) is 28.0. The van der Waals surface area contributed by atoms with Crippen LogP contribution in [0.3, 0.4) is 0 Å². The zero-order chi connectivity index (χ0) is 27.1. The van der Waals surface area contributed by atoms with E-state index in [2.05, 4.69) is 39.3 Å². The lowest BCUT2D eigenvalue weighted by molar-refractivity contribution is 0.0641. The number of benzene rings is 1. The molecule has 1 aromatic carbocycles. The molecular weight excluding hydrogens is 484 g/mol. The second-order valence-corrected chi connectivity index (χ2v) is 10.4. The topological polar surface area (TPSA) is 51.7 Å². The first-order chi connectivity index (χ1) is 18.4. The van der Waals surface area contributed by atoms with E-state index in [0.717, 1.165) is 75.6 Å². The average Bonchev–Trinajstić information content (AvgIpc) is 2.93. The Morgan fingerprint density at radius 3 is 2.66 bits per heavy atom. The first-order valence-corrected chi connectivity index (χ1v) is 13.7. The number of aromatic nitrogens is 1. The van der Waals surface area contributed by atoms with Crippen LogP contribution in [0.15, 0.2) is 48.8 Å². The number of pyridine rings is 1. The molecule has 0 unspecified atom stereocenters. The van der Waals surface area contributed by atoms with Crippen LogP contribution >= 0.6 is 0 Å². The second-order valence-electron chi connectivity index (χ2n) is 10.4. The lowest BCUT2D eigenvalue weighted by atomic mass is 9.97. The van der Waals surface area contributed by atoms with Crippen molar-refractivity contribution in [1.82, 2.24) is 20.1 Å². The van der Waals surface area contributed by atoms with Crippen molar-refractivity contribution in [3.8, 4) is 0 Å². The van der Waals surface area contributed by atoms with Crippen molar-refractivity contribution < 1.29 is 13.6 Å². The van der Waals surface area contributed by atoms with Crippen LogP contribution in [-0.4, -0.2) is 72.0 Å². The molecule has 0 saturated carbocycles. The van der Waals surface area contributed by atoms with E-state index < -0.39 is 11.6 Å². The Bertz CT molecular complexity index is 1160. The fraction of sp³-hybridized carbons (Fsp3) is 0.500. The van der Waals surface area contributed by atoms with Crippen LogP contribution in [-0.2, 0) is 6.54 Å². The number of hydrogen-bond donors (Lipinski definition) is 1. The average molecular weight is 524 g/mol. The largest absolute Gasteiger partial charge is 0.354 e. The highest BCUT2D eigenvalue weighted by Gasteiger charge is 2.34. The zero-order valence-electron chi connectivity index (χ0n) is 22.6. The summed E-state index contributed by atoms with van der Waals surface area (Å²) in [6.45, 7) is 14.0. The van der Waals surface area contributed by atoms with Crippen LogP contribution in [0.1, 0.15) is 54.1 Å². The molecule has 0 aliphatic carbocycles. The zero-order valence-corrected chi connectivity index (χ0v) is 22.6. The Morgan fingerprint density at radius 1 is 1.18 bits per heavy atom. The monoisotopic (exact) mass is 523 g/mol. The number of rotatable bonds is 9. The number of aryl methyl sites for hydroxylation is 1. The summed E-state index contributed by atoms with van der Waals surface area (Å²) in [6.07, 6.45) is 8.29. The molecule has 204 valence electrons. The standard InChI is InChI=1S/C30H39F2N5O/c1-4-6-12-35-13-10-25(11-14-35)37-16-15-36(21-26(37)7-5-2)29-22(3)17-24(20-33-29)30(38)34-19-23-8-9-27(31)28(32)18-23/h6,8-9,17-18,20,25-26H,1,5,7,10-16,19,21H2,2-3H3,(H,34,38)/t26-/m0/s1. The van der Waals surface area contributed by atoms with Crippen molar-refractivity contribution in [1.29, 1.82) is 0 Å². The number of likely N-dealkylation sites (tertiary alicyclic amines) is 1. The molecule has 4 rings (SSSR count). The minimum Gasteiger partial charge on any atom is -0.354 e. The quantitative estimate of drug-likeness (QED) is 0.483. The molecule has 1 N–H and O–H groups in total. The van der Waals surface area contributed by atoms with Gasteiger partial charge in [0, 0.05) is 51.0 Å². The molecule has 0 bridgehead atoms. The van der Waals surface area contributed by atoms with Crippen molar-refractivity contribution in [2.45, 2.75) is 58.2 Å². The van der Waals surface area contributed by atoms with E-state index in [1.807, 2.05) is 19.1 Å². The highest BCUT2D eigenvalue weighted by molar-refractivity contribution is 5.94. The van der Waals surface area contributed by atoms with E-state index in [1.54, 1.807) is 6.20 Å². The number of hydrogen-bond acceptors (Lipinski definition) is 5. The lowest BCUT2D eigenvalue weighted by Crippen LogP contribution is -2.58. The van der Waals surface area contributed by atoms with Gasteiger partial charge in [-0.1, -0.05) is 26.0 Å². The summed E-state index contributed by atoms with van der Waals surface area (Å²) in [4.78, 5) is 25.0. The summed E-state index contributed by atoms with van der Waals surface area (Å²) < 4.78 is 26.6. The maximum atomic E-state index is 13.5. The van der Waals surface area contributed by atoms with Crippen molar-refractivity contribution in [3.63, 3.8) is 0 Å². The molecule has 8 heteroatoms. The SMILES string of the molecule is C=C=CCN1CCC(N2CCN(c3ncc(C(=O)NCc4ccc(F)c(F)c4)cc3C)C[C@@H]2CCC)CC1. The van der Waals surface area contributed by atoms with E-state index in [1.165, 1.54) is 18.9 Å². The minimum atomic E-state index is -0.925. The number of piperazine rings is 1. The maximum absolute atomic E-state index is 13.5. The normalized spacial score (nSPS) is 19.3. The van der Waals surface area contributed by atoms with Crippen LogP contribution in [0.4, 0.5) is 14.6 Å². The van der Waals surface area contributed by atoms with Crippen molar-refractivity contribution in [2.75, 3.05) is 44.2 Å². The van der Waals surface area contributed by atoms with Gasteiger partial charge in [0.25, 0.3) is 5.91 Å². The highest BCUT2D eigenvalue weighted by Crippen LogP contribution is 2.27. The summed E-state index contributed by atoms with van der Waals surface area (Å²) in [5.74, 6) is -1.19. The van der Waals surface area contributed by atoms with Gasteiger partial charge in [-0.05, 0) is 74.7 Å². The van der Waals surface area contributed by atoms with Crippen molar-refractivity contribution in [2.24, 2.45) is 0 Å². The van der Waals surface area contributed by atoms with Crippen LogP contribution < -0.4 is 10.2 Å². The Kier molecular flexibility index (Phi) is 9.67. The van der Waals surface area contributed by atoms with Gasteiger partial charge in [-0.15, -0.1) is 5.73 Å². The first-order valence-electron chi connectivity index (χ1n) is 13.7. The molecule has 1 amide bonds. The fourth-order valence-electron chi connectivity index (χ4n) is 5.72. The molecule has 38 heavy (non-hydrogen) atoms. The second kappa shape index (κ2) is 13.1. The molecule has 1 atom stereocenters. The van der Waals surface area contributed by atoms with Gasteiger partial charge in [0.1, 0.15) is 5.82 Å². The van der Waals surface area contributed by atoms with E-state index in [9.17, 15) is 13.6 Å². The van der Waals surface area contributed by atoms with E-state index >= 15 is 0 Å². The smallest absolute Gasteiger partial charge is 0.253 e. The summed E-state index contributed by atoms with van der Waals surface area (Å²) in [5.41, 5.74) is 4.79. The maximum Gasteiger partial charge on any atom is 0.253 e. The Labute approximate surface area is 225 Å². The number of piperidine rings is 1. The molecule has 2 aromatic rings. The molecular formula is C30H39F2N5O. The summed E-state index contributed by atoms with van der Waals surface area (Å²) in [5, 5.41) is 2.77. The third-order valence-electron chi connectivity index (χ3n) is 7.72. The summed E-state index contributed by atoms with van der Waals surface area (Å²) in [7, 11) is 0. The molecule has 6 nitrogen and oxygen atoms in total. The van der Waals surface area contributed by atoms with Gasteiger partial charge in [0.15, 0.2) is 11.6 Å². The van der Waals surface area contributed by atoms with Gasteiger partial charge >= 0.3 is 0 Å². The molecule has 2 aliphatic rings. The third-order valence-corrected chi connectivity index (χ3v) is 7.72. The van der Waals surface area contributed by atoms with Crippen LogP contribution in [0.5, 0.6) is 0 Å². The van der Waals surface area contributed by atoms with E-state index in [4.69, 9.17) is 4.98 Å². The molecule has 3 heterocycles. The number of halogens is 2. The van der Waals surface area contributed by atoms with Gasteiger partial charge in [-0.25, -0.2) is 13.8 Å². The number of carbonyl (C=O) groups is 1. The number of carbonyl (C=O) groups excluding carboxylic acids is 1. The number of anilines is 1. The van der Waals surface area contributed by atoms with Gasteiger partial charge < -0.3 is 10.2 Å². The van der Waals surface area contributed by atoms with E-state index in [-0.39, 0.29) is 12.5 Å². The van der Waals surface area contributed by atoms with Gasteiger partial charge in [-0.3, -0.25) is 14.6 Å². The van der Waals surface area contributed by atoms with Crippen LogP contribution in [0.2, 0.25) is 0 Å².